The molecule has 2 nitrogen and oxygen atoms in total. The molecule has 1 atom stereocenters. The summed E-state index contributed by atoms with van der Waals surface area (Å²) in [4.78, 5) is 1.12. The van der Waals surface area contributed by atoms with Crippen LogP contribution in [-0.2, 0) is 0 Å². The van der Waals surface area contributed by atoms with Crippen molar-refractivity contribution in [2.24, 2.45) is 5.73 Å². The summed E-state index contributed by atoms with van der Waals surface area (Å²) >= 11 is 1.76. The number of rotatable bonds is 2. The Bertz CT molecular complexity index is 330. The number of hydrogen-bond acceptors (Lipinski definition) is 3. The van der Waals surface area contributed by atoms with Crippen LogP contribution in [0.3, 0.4) is 0 Å². The zero-order chi connectivity index (χ0) is 9.97. The van der Waals surface area contributed by atoms with E-state index < -0.39 is 0 Å². The first-order valence-corrected chi connectivity index (χ1v) is 5.67. The predicted octanol–water partition coefficient (Wildman–Crippen LogP) is 2.06. The lowest BCUT2D eigenvalue weighted by molar-refractivity contribution is 0.625. The van der Waals surface area contributed by atoms with Gasteiger partial charge in [-0.25, -0.2) is 4.39 Å². The van der Waals surface area contributed by atoms with Crippen molar-refractivity contribution in [2.75, 3.05) is 17.6 Å². The van der Waals surface area contributed by atoms with Crippen molar-refractivity contribution >= 4 is 17.4 Å². The predicted molar refractivity (Wildman–Crippen MR) is 58.2 cm³/mol. The summed E-state index contributed by atoms with van der Waals surface area (Å²) in [5.74, 6) is 0.820. The Hall–Kier alpha value is -0.740. The maximum absolute atomic E-state index is 12.9. The molecule has 0 aliphatic carbocycles. The van der Waals surface area contributed by atoms with Gasteiger partial charge in [0.15, 0.2) is 0 Å². The average molecular weight is 212 g/mol. The quantitative estimate of drug-likeness (QED) is 0.788. The van der Waals surface area contributed by atoms with Crippen LogP contribution in [0.2, 0.25) is 0 Å². The highest BCUT2D eigenvalue weighted by atomic mass is 32.2. The molecule has 1 aromatic carbocycles. The topological polar surface area (TPSA) is 38.0 Å². The second kappa shape index (κ2) is 4.19. The molecule has 0 saturated heterocycles. The number of anilines is 1. The molecule has 0 bridgehead atoms. The summed E-state index contributed by atoms with van der Waals surface area (Å²) < 4.78 is 12.9. The molecule has 0 aromatic heterocycles. The zero-order valence-corrected chi connectivity index (χ0v) is 8.61. The third kappa shape index (κ3) is 2.01. The maximum atomic E-state index is 12.9. The Labute approximate surface area is 87.1 Å². The highest BCUT2D eigenvalue weighted by Gasteiger charge is 2.17. The van der Waals surface area contributed by atoms with E-state index in [0.717, 1.165) is 22.8 Å². The van der Waals surface area contributed by atoms with Gasteiger partial charge in [-0.05, 0) is 31.2 Å². The summed E-state index contributed by atoms with van der Waals surface area (Å²) in [5.41, 5.74) is 6.39. The minimum Gasteiger partial charge on any atom is -0.380 e. The average Bonchev–Trinajstić information content (AvgIpc) is 2.17. The van der Waals surface area contributed by atoms with Gasteiger partial charge in [-0.2, -0.15) is 0 Å². The number of nitrogens with one attached hydrogen (secondary N) is 1. The fourth-order valence-electron chi connectivity index (χ4n) is 1.55. The van der Waals surface area contributed by atoms with Crippen LogP contribution in [0.5, 0.6) is 0 Å². The van der Waals surface area contributed by atoms with Gasteiger partial charge in [-0.3, -0.25) is 0 Å². The van der Waals surface area contributed by atoms with Crippen LogP contribution < -0.4 is 11.1 Å². The molecule has 0 spiro atoms. The first-order valence-electron chi connectivity index (χ1n) is 4.68. The summed E-state index contributed by atoms with van der Waals surface area (Å²) in [6.45, 7) is 0.670. The van der Waals surface area contributed by atoms with Crippen molar-refractivity contribution in [1.82, 2.24) is 0 Å². The second-order valence-electron chi connectivity index (χ2n) is 3.37. The molecule has 1 heterocycles. The Morgan fingerprint density at radius 1 is 1.57 bits per heavy atom. The molecule has 2 rings (SSSR count). The monoisotopic (exact) mass is 212 g/mol. The standard InChI is InChI=1S/C10H13FN2S/c11-7-1-2-10-9(5-7)13-8(3-4-12)6-14-10/h1-2,5,8,13H,3-4,6,12H2. The molecular formula is C10H13FN2S. The third-order valence-corrected chi connectivity index (χ3v) is 3.49. The lowest BCUT2D eigenvalue weighted by atomic mass is 10.2. The number of fused-ring (bicyclic) bond motifs is 1. The molecule has 1 aromatic rings. The zero-order valence-electron chi connectivity index (χ0n) is 7.79. The van der Waals surface area contributed by atoms with E-state index in [2.05, 4.69) is 5.32 Å². The molecule has 76 valence electrons. The second-order valence-corrected chi connectivity index (χ2v) is 4.43. The molecule has 3 N–H and O–H groups in total. The van der Waals surface area contributed by atoms with Gasteiger partial charge >= 0.3 is 0 Å². The summed E-state index contributed by atoms with van der Waals surface area (Å²) in [5, 5.41) is 3.30. The summed E-state index contributed by atoms with van der Waals surface area (Å²) in [6.07, 6.45) is 0.933. The van der Waals surface area contributed by atoms with E-state index in [1.54, 1.807) is 17.8 Å². The van der Waals surface area contributed by atoms with Crippen molar-refractivity contribution in [3.63, 3.8) is 0 Å². The number of halogens is 1. The van der Waals surface area contributed by atoms with Gasteiger partial charge < -0.3 is 11.1 Å². The van der Waals surface area contributed by atoms with Gasteiger partial charge in [0, 0.05) is 16.7 Å². The lowest BCUT2D eigenvalue weighted by Crippen LogP contribution is -2.28. The molecule has 0 radical (unpaired) electrons. The number of hydrogen-bond donors (Lipinski definition) is 2. The van der Waals surface area contributed by atoms with Crippen LogP contribution in [0.1, 0.15) is 6.42 Å². The van der Waals surface area contributed by atoms with Crippen LogP contribution in [0.15, 0.2) is 23.1 Å². The fourth-order valence-corrected chi connectivity index (χ4v) is 2.62. The minimum absolute atomic E-state index is 0.190. The molecule has 1 aliphatic heterocycles. The first kappa shape index (κ1) is 9.80. The van der Waals surface area contributed by atoms with Crippen LogP contribution >= 0.6 is 11.8 Å². The molecular weight excluding hydrogens is 199 g/mol. The summed E-state index contributed by atoms with van der Waals surface area (Å²) in [7, 11) is 0. The Morgan fingerprint density at radius 3 is 3.21 bits per heavy atom. The first-order chi connectivity index (χ1) is 6.79. The van der Waals surface area contributed by atoms with Crippen LogP contribution in [-0.4, -0.2) is 18.3 Å². The molecule has 0 amide bonds. The Morgan fingerprint density at radius 2 is 2.43 bits per heavy atom. The Balaban J connectivity index is 2.16. The molecule has 4 heteroatoms. The van der Waals surface area contributed by atoms with Gasteiger partial charge in [0.2, 0.25) is 0 Å². The molecule has 0 saturated carbocycles. The van der Waals surface area contributed by atoms with Crippen molar-refractivity contribution < 1.29 is 4.39 Å². The molecule has 0 fully saturated rings. The fraction of sp³-hybridized carbons (Fsp3) is 0.400. The van der Waals surface area contributed by atoms with Crippen molar-refractivity contribution in [3.8, 4) is 0 Å². The van der Waals surface area contributed by atoms with Crippen molar-refractivity contribution in [1.29, 1.82) is 0 Å². The lowest BCUT2D eigenvalue weighted by Gasteiger charge is -2.26. The van der Waals surface area contributed by atoms with E-state index in [4.69, 9.17) is 5.73 Å². The van der Waals surface area contributed by atoms with E-state index in [0.29, 0.717) is 12.6 Å². The van der Waals surface area contributed by atoms with E-state index in [1.165, 1.54) is 6.07 Å². The molecule has 14 heavy (non-hydrogen) atoms. The third-order valence-electron chi connectivity index (χ3n) is 2.26. The Kier molecular flexibility index (Phi) is 2.93. The van der Waals surface area contributed by atoms with Crippen LogP contribution in [0.4, 0.5) is 10.1 Å². The SMILES string of the molecule is NCCC1CSc2ccc(F)cc2N1. The summed E-state index contributed by atoms with van der Waals surface area (Å²) in [6, 6.07) is 5.24. The minimum atomic E-state index is -0.190. The maximum Gasteiger partial charge on any atom is 0.125 e. The number of benzene rings is 1. The number of thioether (sulfide) groups is 1. The smallest absolute Gasteiger partial charge is 0.125 e. The van der Waals surface area contributed by atoms with Gasteiger partial charge in [0.25, 0.3) is 0 Å². The van der Waals surface area contributed by atoms with E-state index in [-0.39, 0.29) is 5.82 Å². The highest BCUT2D eigenvalue weighted by molar-refractivity contribution is 7.99. The van der Waals surface area contributed by atoms with Gasteiger partial charge in [-0.1, -0.05) is 0 Å². The van der Waals surface area contributed by atoms with Gasteiger partial charge in [-0.15, -0.1) is 11.8 Å². The van der Waals surface area contributed by atoms with E-state index in [9.17, 15) is 4.39 Å². The van der Waals surface area contributed by atoms with Gasteiger partial charge in [0.05, 0.1) is 5.69 Å². The van der Waals surface area contributed by atoms with Crippen LogP contribution in [0, 0.1) is 5.82 Å². The van der Waals surface area contributed by atoms with Crippen molar-refractivity contribution in [2.45, 2.75) is 17.4 Å². The largest absolute Gasteiger partial charge is 0.380 e. The van der Waals surface area contributed by atoms with Crippen molar-refractivity contribution in [3.05, 3.63) is 24.0 Å². The van der Waals surface area contributed by atoms with Gasteiger partial charge in [0.1, 0.15) is 5.82 Å². The number of nitrogens with two attached hydrogens (primary N) is 1. The van der Waals surface area contributed by atoms with Crippen LogP contribution in [0.25, 0.3) is 0 Å². The molecule has 1 aliphatic rings. The van der Waals surface area contributed by atoms with E-state index >= 15 is 0 Å². The highest BCUT2D eigenvalue weighted by Crippen LogP contribution is 2.33. The van der Waals surface area contributed by atoms with E-state index in [1.807, 2.05) is 6.07 Å². The molecule has 1 unspecified atom stereocenters. The normalized spacial score (nSPS) is 20.0.